The Morgan fingerprint density at radius 3 is 2.68 bits per heavy atom. The number of amides is 1. The van der Waals surface area contributed by atoms with E-state index in [4.69, 9.17) is 14.0 Å². The van der Waals surface area contributed by atoms with Gasteiger partial charge in [-0.2, -0.15) is 4.98 Å². The van der Waals surface area contributed by atoms with Crippen molar-refractivity contribution in [3.63, 3.8) is 0 Å². The number of hydrogen-bond acceptors (Lipinski definition) is 6. The number of rotatable bonds is 6. The van der Waals surface area contributed by atoms with Gasteiger partial charge in [0.25, 0.3) is 5.91 Å². The zero-order valence-electron chi connectivity index (χ0n) is 13.0. The van der Waals surface area contributed by atoms with Crippen LogP contribution < -0.4 is 14.8 Å². The lowest BCUT2D eigenvalue weighted by Gasteiger charge is -2.09. The Hall–Kier alpha value is -2.57. The second kappa shape index (κ2) is 6.93. The van der Waals surface area contributed by atoms with Gasteiger partial charge in [-0.1, -0.05) is 19.0 Å². The molecule has 0 spiro atoms. The van der Waals surface area contributed by atoms with Crippen molar-refractivity contribution in [1.29, 1.82) is 0 Å². The largest absolute Gasteiger partial charge is 0.497 e. The number of ether oxygens (including phenoxy) is 2. The molecule has 1 heterocycles. The van der Waals surface area contributed by atoms with Gasteiger partial charge in [-0.15, -0.1) is 0 Å². The second-order valence-electron chi connectivity index (χ2n) is 4.95. The molecule has 2 aromatic rings. The molecule has 22 heavy (non-hydrogen) atoms. The summed E-state index contributed by atoms with van der Waals surface area (Å²) in [7, 11) is 3.05. The third-order valence-electron chi connectivity index (χ3n) is 3.04. The van der Waals surface area contributed by atoms with E-state index in [1.165, 1.54) is 7.11 Å². The van der Waals surface area contributed by atoms with Gasteiger partial charge in [0.2, 0.25) is 5.89 Å². The molecule has 0 unspecified atom stereocenters. The first-order chi connectivity index (χ1) is 10.5. The van der Waals surface area contributed by atoms with Crippen molar-refractivity contribution in [1.82, 2.24) is 15.5 Å². The van der Waals surface area contributed by atoms with Crippen LogP contribution in [-0.2, 0) is 6.54 Å². The van der Waals surface area contributed by atoms with E-state index in [-0.39, 0.29) is 18.4 Å². The van der Waals surface area contributed by atoms with Crippen LogP contribution in [0.15, 0.2) is 22.7 Å². The number of carbonyl (C=O) groups is 1. The van der Waals surface area contributed by atoms with Crippen molar-refractivity contribution < 1.29 is 18.8 Å². The van der Waals surface area contributed by atoms with Gasteiger partial charge < -0.3 is 19.3 Å². The Morgan fingerprint density at radius 1 is 1.32 bits per heavy atom. The number of nitrogens with zero attached hydrogens (tertiary/aromatic N) is 2. The highest BCUT2D eigenvalue weighted by Gasteiger charge is 2.15. The van der Waals surface area contributed by atoms with Crippen molar-refractivity contribution in [2.75, 3.05) is 14.2 Å². The monoisotopic (exact) mass is 305 g/mol. The van der Waals surface area contributed by atoms with Crippen LogP contribution in [0.25, 0.3) is 0 Å². The maximum atomic E-state index is 12.2. The molecule has 1 aromatic heterocycles. The summed E-state index contributed by atoms with van der Waals surface area (Å²) in [5.41, 5.74) is 0.413. The summed E-state index contributed by atoms with van der Waals surface area (Å²) in [5.74, 6) is 1.91. The minimum absolute atomic E-state index is 0.152. The summed E-state index contributed by atoms with van der Waals surface area (Å²) in [6, 6.07) is 4.99. The first-order valence-corrected chi connectivity index (χ1v) is 6.87. The third kappa shape index (κ3) is 3.55. The van der Waals surface area contributed by atoms with Crippen molar-refractivity contribution in [3.8, 4) is 11.5 Å². The van der Waals surface area contributed by atoms with Gasteiger partial charge in [-0.25, -0.2) is 0 Å². The molecule has 0 aliphatic heterocycles. The quantitative estimate of drug-likeness (QED) is 0.880. The number of nitrogens with one attached hydrogen (secondary N) is 1. The summed E-state index contributed by atoms with van der Waals surface area (Å²) in [4.78, 5) is 16.4. The second-order valence-corrected chi connectivity index (χ2v) is 4.95. The van der Waals surface area contributed by atoms with Crippen molar-refractivity contribution in [3.05, 3.63) is 35.5 Å². The highest BCUT2D eigenvalue weighted by atomic mass is 16.5. The fourth-order valence-corrected chi connectivity index (χ4v) is 1.81. The van der Waals surface area contributed by atoms with Crippen LogP contribution in [0, 0.1) is 0 Å². The Morgan fingerprint density at radius 2 is 2.09 bits per heavy atom. The predicted octanol–water partition coefficient (Wildman–Crippen LogP) is 2.14. The normalized spacial score (nSPS) is 10.6. The Labute approximate surface area is 128 Å². The van der Waals surface area contributed by atoms with Crippen LogP contribution in [0.3, 0.4) is 0 Å². The number of aromatic nitrogens is 2. The molecule has 0 fully saturated rings. The molecule has 118 valence electrons. The smallest absolute Gasteiger partial charge is 0.255 e. The molecular weight excluding hydrogens is 286 g/mol. The molecule has 1 N–H and O–H groups in total. The fourth-order valence-electron chi connectivity index (χ4n) is 1.81. The highest BCUT2D eigenvalue weighted by molar-refractivity contribution is 5.97. The number of carbonyl (C=O) groups excluding carboxylic acids is 1. The van der Waals surface area contributed by atoms with Crippen LogP contribution in [-0.4, -0.2) is 30.3 Å². The standard InChI is InChI=1S/C15H19N3O4/c1-9(2)15-17-13(18-22-15)8-16-14(19)11-6-5-10(20-3)7-12(11)21-4/h5-7,9H,8H2,1-4H3,(H,16,19). The van der Waals surface area contributed by atoms with E-state index in [0.717, 1.165) is 0 Å². The first kappa shape index (κ1) is 15.8. The molecule has 0 saturated heterocycles. The van der Waals surface area contributed by atoms with Crippen LogP contribution >= 0.6 is 0 Å². The third-order valence-corrected chi connectivity index (χ3v) is 3.04. The summed E-state index contributed by atoms with van der Waals surface area (Å²) in [6.45, 7) is 4.10. The lowest BCUT2D eigenvalue weighted by molar-refractivity contribution is 0.0946. The Balaban J connectivity index is 2.05. The molecule has 0 aliphatic rings. The molecule has 1 amide bonds. The van der Waals surface area contributed by atoms with Gasteiger partial charge in [0.1, 0.15) is 11.5 Å². The summed E-state index contributed by atoms with van der Waals surface area (Å²) >= 11 is 0. The van der Waals surface area contributed by atoms with Gasteiger partial charge in [0, 0.05) is 12.0 Å². The van der Waals surface area contributed by atoms with Crippen molar-refractivity contribution in [2.45, 2.75) is 26.3 Å². The van der Waals surface area contributed by atoms with Crippen LogP contribution in [0.4, 0.5) is 0 Å². The number of methoxy groups -OCH3 is 2. The van der Waals surface area contributed by atoms with E-state index in [2.05, 4.69) is 15.5 Å². The minimum Gasteiger partial charge on any atom is -0.497 e. The summed E-state index contributed by atoms with van der Waals surface area (Å²) < 4.78 is 15.4. The molecule has 0 bridgehead atoms. The molecule has 0 aliphatic carbocycles. The molecule has 0 atom stereocenters. The maximum absolute atomic E-state index is 12.2. The van der Waals surface area contributed by atoms with E-state index in [0.29, 0.717) is 28.8 Å². The Bertz CT molecular complexity index is 652. The Kier molecular flexibility index (Phi) is 4.98. The van der Waals surface area contributed by atoms with E-state index in [1.807, 2.05) is 13.8 Å². The van der Waals surface area contributed by atoms with Crippen LogP contribution in [0.1, 0.15) is 41.8 Å². The molecule has 0 saturated carbocycles. The first-order valence-electron chi connectivity index (χ1n) is 6.87. The number of hydrogen-bond donors (Lipinski definition) is 1. The van der Waals surface area contributed by atoms with Gasteiger partial charge in [-0.05, 0) is 12.1 Å². The van der Waals surface area contributed by atoms with Gasteiger partial charge in [-0.3, -0.25) is 4.79 Å². The lowest BCUT2D eigenvalue weighted by atomic mass is 10.1. The zero-order chi connectivity index (χ0) is 16.1. The molecule has 7 nitrogen and oxygen atoms in total. The average molecular weight is 305 g/mol. The van der Waals surface area contributed by atoms with E-state index >= 15 is 0 Å². The topological polar surface area (TPSA) is 86.5 Å². The van der Waals surface area contributed by atoms with Crippen molar-refractivity contribution in [2.24, 2.45) is 0 Å². The van der Waals surface area contributed by atoms with E-state index in [1.54, 1.807) is 25.3 Å². The number of benzene rings is 1. The van der Waals surface area contributed by atoms with Gasteiger partial charge >= 0.3 is 0 Å². The maximum Gasteiger partial charge on any atom is 0.255 e. The van der Waals surface area contributed by atoms with Crippen molar-refractivity contribution >= 4 is 5.91 Å². The minimum atomic E-state index is -0.282. The van der Waals surface area contributed by atoms with Gasteiger partial charge in [0.15, 0.2) is 5.82 Å². The zero-order valence-corrected chi connectivity index (χ0v) is 13.0. The van der Waals surface area contributed by atoms with E-state index in [9.17, 15) is 4.79 Å². The van der Waals surface area contributed by atoms with Crippen LogP contribution in [0.5, 0.6) is 11.5 Å². The van der Waals surface area contributed by atoms with Gasteiger partial charge in [0.05, 0.1) is 26.3 Å². The van der Waals surface area contributed by atoms with Crippen LogP contribution in [0.2, 0.25) is 0 Å². The fraction of sp³-hybridized carbons (Fsp3) is 0.400. The summed E-state index contributed by atoms with van der Waals surface area (Å²) in [5, 5.41) is 6.56. The lowest BCUT2D eigenvalue weighted by Crippen LogP contribution is -2.24. The molecule has 1 aromatic carbocycles. The molecule has 0 radical (unpaired) electrons. The molecular formula is C15H19N3O4. The average Bonchev–Trinajstić information content (AvgIpc) is 3.01. The SMILES string of the molecule is COc1ccc(C(=O)NCc2noc(C(C)C)n2)c(OC)c1. The predicted molar refractivity (Wildman–Crippen MR) is 79.1 cm³/mol. The molecule has 2 rings (SSSR count). The highest BCUT2D eigenvalue weighted by Crippen LogP contribution is 2.24. The summed E-state index contributed by atoms with van der Waals surface area (Å²) in [6.07, 6.45) is 0. The molecule has 7 heteroatoms. The van der Waals surface area contributed by atoms with E-state index < -0.39 is 0 Å².